The third-order valence-electron chi connectivity index (χ3n) is 4.05. The molecule has 2 rings (SSSR count). The molecule has 2 aromatic carbocycles. The molecule has 0 spiro atoms. The number of anilines is 2. The van der Waals surface area contributed by atoms with E-state index < -0.39 is 6.04 Å². The van der Waals surface area contributed by atoms with Gasteiger partial charge in [-0.25, -0.2) is 0 Å². The second kappa shape index (κ2) is 9.02. The van der Waals surface area contributed by atoms with Gasteiger partial charge in [0.05, 0.1) is 34.1 Å². The highest BCUT2D eigenvalue weighted by atomic mass is 16.5. The smallest absolute Gasteiger partial charge is 0.246 e. The molecule has 0 radical (unpaired) electrons. The molecule has 0 saturated carbocycles. The third-order valence-corrected chi connectivity index (χ3v) is 4.05. The average molecular weight is 374 g/mol. The Bertz CT molecular complexity index is 782. The van der Waals surface area contributed by atoms with Crippen molar-refractivity contribution in [2.75, 3.05) is 39.1 Å². The zero-order chi connectivity index (χ0) is 20.0. The lowest BCUT2D eigenvalue weighted by atomic mass is 10.2. The zero-order valence-corrected chi connectivity index (χ0v) is 16.5. The number of carbonyl (C=O) groups is 1. The molecule has 0 aliphatic carbocycles. The molecule has 27 heavy (non-hydrogen) atoms. The van der Waals surface area contributed by atoms with Gasteiger partial charge in [0.2, 0.25) is 11.7 Å². The van der Waals surface area contributed by atoms with Crippen molar-refractivity contribution in [3.8, 4) is 23.0 Å². The van der Waals surface area contributed by atoms with Gasteiger partial charge in [-0.1, -0.05) is 6.07 Å². The average Bonchev–Trinajstić information content (AvgIpc) is 2.67. The highest BCUT2D eigenvalue weighted by Crippen LogP contribution is 2.40. The zero-order valence-electron chi connectivity index (χ0n) is 16.5. The molecule has 0 saturated heterocycles. The Morgan fingerprint density at radius 2 is 1.48 bits per heavy atom. The number of nitrogens with one attached hydrogen (secondary N) is 2. The molecule has 2 aromatic rings. The number of hydrogen-bond donors (Lipinski definition) is 2. The molecule has 0 aromatic heterocycles. The highest BCUT2D eigenvalue weighted by molar-refractivity contribution is 5.97. The minimum absolute atomic E-state index is 0.201. The fraction of sp³-hybridized carbons (Fsp3) is 0.350. The summed E-state index contributed by atoms with van der Waals surface area (Å²) in [6, 6.07) is 8.59. The van der Waals surface area contributed by atoms with E-state index in [0.717, 1.165) is 5.56 Å². The maximum absolute atomic E-state index is 12.6. The van der Waals surface area contributed by atoms with Crippen LogP contribution in [0.2, 0.25) is 0 Å². The van der Waals surface area contributed by atoms with Gasteiger partial charge in [0.25, 0.3) is 0 Å². The molecule has 0 fully saturated rings. The Labute approximate surface area is 159 Å². The molecule has 0 bridgehead atoms. The predicted molar refractivity (Wildman–Crippen MR) is 106 cm³/mol. The van der Waals surface area contributed by atoms with Crippen LogP contribution in [-0.2, 0) is 4.79 Å². The maximum Gasteiger partial charge on any atom is 0.246 e. The first-order chi connectivity index (χ1) is 12.9. The van der Waals surface area contributed by atoms with E-state index in [2.05, 4.69) is 10.6 Å². The largest absolute Gasteiger partial charge is 0.495 e. The van der Waals surface area contributed by atoms with Gasteiger partial charge < -0.3 is 29.6 Å². The van der Waals surface area contributed by atoms with Crippen molar-refractivity contribution >= 4 is 17.3 Å². The van der Waals surface area contributed by atoms with Crippen LogP contribution in [0.1, 0.15) is 12.5 Å². The molecule has 0 heterocycles. The van der Waals surface area contributed by atoms with Crippen LogP contribution < -0.4 is 29.6 Å². The van der Waals surface area contributed by atoms with Crippen molar-refractivity contribution in [1.82, 2.24) is 0 Å². The number of benzene rings is 2. The Morgan fingerprint density at radius 1 is 0.889 bits per heavy atom. The Hall–Kier alpha value is -3.09. The van der Waals surface area contributed by atoms with Crippen LogP contribution in [-0.4, -0.2) is 40.4 Å². The van der Waals surface area contributed by atoms with Gasteiger partial charge >= 0.3 is 0 Å². The van der Waals surface area contributed by atoms with Crippen molar-refractivity contribution < 1.29 is 23.7 Å². The molecule has 0 aliphatic rings. The van der Waals surface area contributed by atoms with E-state index in [4.69, 9.17) is 18.9 Å². The van der Waals surface area contributed by atoms with Crippen molar-refractivity contribution in [3.63, 3.8) is 0 Å². The minimum atomic E-state index is -0.516. The number of aryl methyl sites for hydroxylation is 1. The summed E-state index contributed by atoms with van der Waals surface area (Å²) in [6.07, 6.45) is 0. The van der Waals surface area contributed by atoms with Crippen LogP contribution in [0.3, 0.4) is 0 Å². The van der Waals surface area contributed by atoms with Gasteiger partial charge in [-0.2, -0.15) is 0 Å². The monoisotopic (exact) mass is 374 g/mol. The molecule has 1 amide bonds. The van der Waals surface area contributed by atoms with Gasteiger partial charge in [0, 0.05) is 17.8 Å². The fourth-order valence-corrected chi connectivity index (χ4v) is 2.64. The molecule has 146 valence electrons. The normalized spacial score (nSPS) is 11.3. The summed E-state index contributed by atoms with van der Waals surface area (Å²) in [5, 5.41) is 6.03. The van der Waals surface area contributed by atoms with E-state index in [1.807, 2.05) is 25.1 Å². The van der Waals surface area contributed by atoms with Crippen LogP contribution >= 0.6 is 0 Å². The van der Waals surface area contributed by atoms with Gasteiger partial charge in [0.15, 0.2) is 11.5 Å². The summed E-state index contributed by atoms with van der Waals surface area (Å²) in [4.78, 5) is 12.6. The van der Waals surface area contributed by atoms with E-state index >= 15 is 0 Å². The van der Waals surface area contributed by atoms with E-state index in [1.54, 1.807) is 47.5 Å². The number of carbonyl (C=O) groups excluding carboxylic acids is 1. The maximum atomic E-state index is 12.6. The SMILES string of the molecule is COc1ccc(C)cc1NC(=O)[C@@H](C)Nc1cc(OC)c(OC)c(OC)c1. The molecule has 7 heteroatoms. The molecular weight excluding hydrogens is 348 g/mol. The molecule has 1 atom stereocenters. The first-order valence-electron chi connectivity index (χ1n) is 8.45. The fourth-order valence-electron chi connectivity index (χ4n) is 2.64. The van der Waals surface area contributed by atoms with Gasteiger partial charge in [-0.05, 0) is 31.5 Å². The quantitative estimate of drug-likeness (QED) is 0.737. The van der Waals surface area contributed by atoms with Crippen LogP contribution in [0.15, 0.2) is 30.3 Å². The van der Waals surface area contributed by atoms with Crippen LogP contribution in [0.4, 0.5) is 11.4 Å². The van der Waals surface area contributed by atoms with E-state index in [1.165, 1.54) is 0 Å². The molecule has 7 nitrogen and oxygen atoms in total. The predicted octanol–water partition coefficient (Wildman–Crippen LogP) is 3.47. The van der Waals surface area contributed by atoms with Crippen LogP contribution in [0.25, 0.3) is 0 Å². The molecule has 2 N–H and O–H groups in total. The summed E-state index contributed by atoms with van der Waals surface area (Å²) in [5.41, 5.74) is 2.32. The topological polar surface area (TPSA) is 78.1 Å². The first kappa shape index (κ1) is 20.2. The number of hydrogen-bond acceptors (Lipinski definition) is 6. The Kier molecular flexibility index (Phi) is 6.76. The standard InChI is InChI=1S/C20H26N2O5/c1-12-7-8-16(24-3)15(9-12)22-20(23)13(2)21-14-10-17(25-4)19(27-6)18(11-14)26-5/h7-11,13,21H,1-6H3,(H,22,23)/t13-/m1/s1. The molecule has 0 unspecified atom stereocenters. The summed E-state index contributed by atoms with van der Waals surface area (Å²) in [7, 11) is 6.19. The molecular formula is C20H26N2O5. The number of ether oxygens (including phenoxy) is 4. The van der Waals surface area contributed by atoms with Crippen LogP contribution in [0.5, 0.6) is 23.0 Å². The molecule has 0 aliphatic heterocycles. The Balaban J connectivity index is 2.18. The third kappa shape index (κ3) is 4.75. The first-order valence-corrected chi connectivity index (χ1v) is 8.45. The summed E-state index contributed by atoms with van der Waals surface area (Å²) in [6.45, 7) is 3.72. The summed E-state index contributed by atoms with van der Waals surface area (Å²) in [5.74, 6) is 1.91. The number of rotatable bonds is 8. The second-order valence-corrected chi connectivity index (χ2v) is 5.97. The Morgan fingerprint density at radius 3 is 2.00 bits per heavy atom. The lowest BCUT2D eigenvalue weighted by Crippen LogP contribution is -2.32. The number of methoxy groups -OCH3 is 4. The van der Waals surface area contributed by atoms with Crippen molar-refractivity contribution in [3.05, 3.63) is 35.9 Å². The van der Waals surface area contributed by atoms with E-state index in [-0.39, 0.29) is 5.91 Å². The van der Waals surface area contributed by atoms with E-state index in [9.17, 15) is 4.79 Å². The van der Waals surface area contributed by atoms with E-state index in [0.29, 0.717) is 34.4 Å². The highest BCUT2D eigenvalue weighted by Gasteiger charge is 2.18. The van der Waals surface area contributed by atoms with Crippen molar-refractivity contribution in [1.29, 1.82) is 0 Å². The van der Waals surface area contributed by atoms with Crippen molar-refractivity contribution in [2.45, 2.75) is 19.9 Å². The summed E-state index contributed by atoms with van der Waals surface area (Å²) < 4.78 is 21.3. The van der Waals surface area contributed by atoms with Crippen molar-refractivity contribution in [2.24, 2.45) is 0 Å². The summed E-state index contributed by atoms with van der Waals surface area (Å²) >= 11 is 0. The van der Waals surface area contributed by atoms with Gasteiger partial charge in [0.1, 0.15) is 11.8 Å². The minimum Gasteiger partial charge on any atom is -0.495 e. The lowest BCUT2D eigenvalue weighted by molar-refractivity contribution is -0.116. The van der Waals surface area contributed by atoms with Crippen LogP contribution in [0, 0.1) is 6.92 Å². The lowest BCUT2D eigenvalue weighted by Gasteiger charge is -2.19. The van der Waals surface area contributed by atoms with Gasteiger partial charge in [-0.3, -0.25) is 4.79 Å². The van der Waals surface area contributed by atoms with Gasteiger partial charge in [-0.15, -0.1) is 0 Å². The number of amides is 1. The second-order valence-electron chi connectivity index (χ2n) is 5.97.